The van der Waals surface area contributed by atoms with Crippen LogP contribution in [0.5, 0.6) is 0 Å². The Morgan fingerprint density at radius 1 is 1.09 bits per heavy atom. The van der Waals surface area contributed by atoms with Crippen molar-refractivity contribution in [3.8, 4) is 6.07 Å². The Kier molecular flexibility index (Phi) is 5.48. The molecule has 0 spiro atoms. The lowest BCUT2D eigenvalue weighted by Crippen LogP contribution is -2.33. The molecule has 0 aliphatic heterocycles. The SMILES string of the molecule is Cc1ccc(CC(=O)NCC(=O)Nc2cccc(C#N)c2)cc1. The second kappa shape index (κ2) is 7.76. The van der Waals surface area contributed by atoms with Gasteiger partial charge in [-0.15, -0.1) is 0 Å². The van der Waals surface area contributed by atoms with Crippen molar-refractivity contribution >= 4 is 17.5 Å². The van der Waals surface area contributed by atoms with Crippen molar-refractivity contribution in [1.82, 2.24) is 5.32 Å². The van der Waals surface area contributed by atoms with Crippen molar-refractivity contribution in [2.24, 2.45) is 0 Å². The van der Waals surface area contributed by atoms with E-state index in [1.165, 1.54) is 0 Å². The number of nitriles is 1. The number of nitrogens with zero attached hydrogens (tertiary/aromatic N) is 1. The van der Waals surface area contributed by atoms with E-state index in [1.54, 1.807) is 24.3 Å². The maximum atomic E-state index is 11.8. The molecule has 0 saturated heterocycles. The van der Waals surface area contributed by atoms with Crippen molar-refractivity contribution in [3.63, 3.8) is 0 Å². The molecule has 0 unspecified atom stereocenters. The van der Waals surface area contributed by atoms with Crippen LogP contribution in [-0.2, 0) is 16.0 Å². The summed E-state index contributed by atoms with van der Waals surface area (Å²) in [5, 5.41) is 14.0. The van der Waals surface area contributed by atoms with Crippen LogP contribution in [0.3, 0.4) is 0 Å². The van der Waals surface area contributed by atoms with Gasteiger partial charge in [0.25, 0.3) is 0 Å². The van der Waals surface area contributed by atoms with Crippen LogP contribution >= 0.6 is 0 Å². The van der Waals surface area contributed by atoms with E-state index in [9.17, 15) is 9.59 Å². The lowest BCUT2D eigenvalue weighted by atomic mass is 10.1. The molecule has 0 bridgehead atoms. The number of aryl methyl sites for hydroxylation is 1. The van der Waals surface area contributed by atoms with Crippen molar-refractivity contribution in [2.75, 3.05) is 11.9 Å². The number of nitrogens with one attached hydrogen (secondary N) is 2. The third-order valence-electron chi connectivity index (χ3n) is 3.21. The summed E-state index contributed by atoms with van der Waals surface area (Å²) in [6.45, 7) is 1.87. The van der Waals surface area contributed by atoms with Crippen molar-refractivity contribution in [1.29, 1.82) is 5.26 Å². The summed E-state index contributed by atoms with van der Waals surface area (Å²) in [6.07, 6.45) is 0.234. The summed E-state index contributed by atoms with van der Waals surface area (Å²) in [7, 11) is 0. The summed E-state index contributed by atoms with van der Waals surface area (Å²) in [4.78, 5) is 23.6. The Labute approximate surface area is 134 Å². The first-order chi connectivity index (χ1) is 11.1. The average molecular weight is 307 g/mol. The monoisotopic (exact) mass is 307 g/mol. The Bertz CT molecular complexity index is 746. The lowest BCUT2D eigenvalue weighted by Gasteiger charge is -2.07. The molecule has 0 aromatic heterocycles. The van der Waals surface area contributed by atoms with Gasteiger partial charge in [-0.2, -0.15) is 5.26 Å². The molecular weight excluding hydrogens is 290 g/mol. The molecule has 2 N–H and O–H groups in total. The first-order valence-corrected chi connectivity index (χ1v) is 7.19. The average Bonchev–Trinajstić information content (AvgIpc) is 2.55. The van der Waals surface area contributed by atoms with Gasteiger partial charge in [0.2, 0.25) is 11.8 Å². The van der Waals surface area contributed by atoms with E-state index in [2.05, 4.69) is 10.6 Å². The third kappa shape index (κ3) is 5.29. The molecule has 2 rings (SSSR count). The Hall–Kier alpha value is -3.13. The van der Waals surface area contributed by atoms with Crippen LogP contribution in [0.4, 0.5) is 5.69 Å². The number of hydrogen-bond donors (Lipinski definition) is 2. The molecule has 2 aromatic rings. The summed E-state index contributed by atoms with van der Waals surface area (Å²) >= 11 is 0. The maximum Gasteiger partial charge on any atom is 0.243 e. The minimum atomic E-state index is -0.336. The molecule has 0 saturated carbocycles. The van der Waals surface area contributed by atoms with E-state index in [0.717, 1.165) is 11.1 Å². The zero-order chi connectivity index (χ0) is 16.7. The maximum absolute atomic E-state index is 11.8. The molecule has 0 radical (unpaired) electrons. The summed E-state index contributed by atoms with van der Waals surface area (Å²) in [6, 6.07) is 16.3. The Morgan fingerprint density at radius 3 is 2.52 bits per heavy atom. The standard InChI is InChI=1S/C18H17N3O2/c1-13-5-7-14(8-6-13)10-17(22)20-12-18(23)21-16-4-2-3-15(9-16)11-19/h2-9H,10,12H2,1H3,(H,20,22)(H,21,23). The van der Waals surface area contributed by atoms with Gasteiger partial charge in [-0.1, -0.05) is 35.9 Å². The first-order valence-electron chi connectivity index (χ1n) is 7.19. The van der Waals surface area contributed by atoms with Gasteiger partial charge < -0.3 is 10.6 Å². The van der Waals surface area contributed by atoms with Crippen molar-refractivity contribution < 1.29 is 9.59 Å². The number of hydrogen-bond acceptors (Lipinski definition) is 3. The fraction of sp³-hybridized carbons (Fsp3) is 0.167. The first kappa shape index (κ1) is 16.2. The lowest BCUT2D eigenvalue weighted by molar-refractivity contribution is -0.123. The molecule has 0 heterocycles. The topological polar surface area (TPSA) is 82.0 Å². The van der Waals surface area contributed by atoms with Gasteiger partial charge in [0.05, 0.1) is 24.6 Å². The van der Waals surface area contributed by atoms with Crippen LogP contribution in [0.2, 0.25) is 0 Å². The van der Waals surface area contributed by atoms with Gasteiger partial charge in [-0.05, 0) is 30.7 Å². The smallest absolute Gasteiger partial charge is 0.243 e. The predicted molar refractivity (Wildman–Crippen MR) is 87.7 cm³/mol. The van der Waals surface area contributed by atoms with E-state index >= 15 is 0 Å². The second-order valence-corrected chi connectivity index (χ2v) is 5.18. The van der Waals surface area contributed by atoms with E-state index < -0.39 is 0 Å². The molecule has 23 heavy (non-hydrogen) atoms. The van der Waals surface area contributed by atoms with Gasteiger partial charge in [-0.3, -0.25) is 9.59 Å². The molecule has 0 aliphatic rings. The van der Waals surface area contributed by atoms with Crippen LogP contribution in [0.1, 0.15) is 16.7 Å². The van der Waals surface area contributed by atoms with Crippen LogP contribution in [0, 0.1) is 18.3 Å². The number of anilines is 1. The zero-order valence-electron chi connectivity index (χ0n) is 12.8. The number of carbonyl (C=O) groups is 2. The normalized spacial score (nSPS) is 9.74. The number of carbonyl (C=O) groups excluding carboxylic acids is 2. The van der Waals surface area contributed by atoms with Gasteiger partial charge in [-0.25, -0.2) is 0 Å². The van der Waals surface area contributed by atoms with Gasteiger partial charge in [0, 0.05) is 5.69 Å². The van der Waals surface area contributed by atoms with Crippen LogP contribution in [-0.4, -0.2) is 18.4 Å². The molecule has 5 nitrogen and oxygen atoms in total. The zero-order valence-corrected chi connectivity index (χ0v) is 12.8. The molecule has 0 fully saturated rings. The van der Waals surface area contributed by atoms with Crippen molar-refractivity contribution in [2.45, 2.75) is 13.3 Å². The molecule has 2 aromatic carbocycles. The minimum Gasteiger partial charge on any atom is -0.347 e. The summed E-state index contributed by atoms with van der Waals surface area (Å²) in [5.41, 5.74) is 3.02. The highest BCUT2D eigenvalue weighted by atomic mass is 16.2. The largest absolute Gasteiger partial charge is 0.347 e. The molecule has 0 aliphatic carbocycles. The molecule has 116 valence electrons. The van der Waals surface area contributed by atoms with E-state index in [4.69, 9.17) is 5.26 Å². The highest BCUT2D eigenvalue weighted by Gasteiger charge is 2.07. The molecular formula is C18H17N3O2. The third-order valence-corrected chi connectivity index (χ3v) is 3.21. The van der Waals surface area contributed by atoms with E-state index in [1.807, 2.05) is 37.3 Å². The highest BCUT2D eigenvalue weighted by Crippen LogP contribution is 2.09. The molecule has 5 heteroatoms. The molecule has 0 atom stereocenters. The van der Waals surface area contributed by atoms with E-state index in [0.29, 0.717) is 11.3 Å². The van der Waals surface area contributed by atoms with Crippen LogP contribution in [0.15, 0.2) is 48.5 Å². The quantitative estimate of drug-likeness (QED) is 0.888. The highest BCUT2D eigenvalue weighted by molar-refractivity contribution is 5.94. The fourth-order valence-electron chi connectivity index (χ4n) is 2.00. The van der Waals surface area contributed by atoms with Crippen molar-refractivity contribution in [3.05, 3.63) is 65.2 Å². The number of benzene rings is 2. The Morgan fingerprint density at radius 2 is 1.83 bits per heavy atom. The molecule has 2 amide bonds. The minimum absolute atomic E-state index is 0.110. The van der Waals surface area contributed by atoms with Crippen LogP contribution in [0.25, 0.3) is 0 Å². The predicted octanol–water partition coefficient (Wildman–Crippen LogP) is 2.16. The van der Waals surface area contributed by atoms with Gasteiger partial charge >= 0.3 is 0 Å². The summed E-state index contributed by atoms with van der Waals surface area (Å²) < 4.78 is 0. The van der Waals surface area contributed by atoms with Crippen LogP contribution < -0.4 is 10.6 Å². The van der Waals surface area contributed by atoms with Gasteiger partial charge in [0.1, 0.15) is 0 Å². The van der Waals surface area contributed by atoms with Gasteiger partial charge in [0.15, 0.2) is 0 Å². The second-order valence-electron chi connectivity index (χ2n) is 5.18. The van der Waals surface area contributed by atoms with E-state index in [-0.39, 0.29) is 24.8 Å². The summed E-state index contributed by atoms with van der Waals surface area (Å²) in [5.74, 6) is -0.549. The fourth-order valence-corrected chi connectivity index (χ4v) is 2.00. The number of amides is 2. The number of rotatable bonds is 5. The Balaban J connectivity index is 1.80.